The fraction of sp³-hybridized carbons (Fsp3) is 0.500. The van der Waals surface area contributed by atoms with Gasteiger partial charge in [-0.3, -0.25) is 9.59 Å². The van der Waals surface area contributed by atoms with E-state index in [1.807, 2.05) is 18.2 Å². The molecule has 7 heteroatoms. The van der Waals surface area contributed by atoms with E-state index in [1.54, 1.807) is 29.8 Å². The van der Waals surface area contributed by atoms with Gasteiger partial charge in [-0.15, -0.1) is 0 Å². The maximum atomic E-state index is 12.3. The monoisotopic (exact) mass is 360 g/mol. The van der Waals surface area contributed by atoms with Gasteiger partial charge in [-0.1, -0.05) is 12.1 Å². The van der Waals surface area contributed by atoms with E-state index < -0.39 is 0 Å². The van der Waals surface area contributed by atoms with Crippen LogP contribution in [0.4, 0.5) is 0 Å². The van der Waals surface area contributed by atoms with E-state index in [0.29, 0.717) is 29.0 Å². The van der Waals surface area contributed by atoms with Gasteiger partial charge in [0.2, 0.25) is 5.91 Å². The van der Waals surface area contributed by atoms with Gasteiger partial charge in [0.05, 0.1) is 23.2 Å². The van der Waals surface area contributed by atoms with E-state index in [1.165, 1.54) is 25.9 Å². The SMILES string of the molecule is CN(Cc1nc2ccccc2c(=O)[nH]1)C(=O)CSCCN1CCCC1. The third kappa shape index (κ3) is 4.83. The molecular formula is C18H24N4O2S. The molecule has 3 rings (SSSR count). The van der Waals surface area contributed by atoms with Crippen LogP contribution >= 0.6 is 11.8 Å². The number of fused-ring (bicyclic) bond motifs is 1. The number of nitrogens with one attached hydrogen (secondary N) is 1. The molecular weight excluding hydrogens is 336 g/mol. The van der Waals surface area contributed by atoms with Crippen molar-refractivity contribution in [3.63, 3.8) is 0 Å². The number of nitrogens with zero attached hydrogens (tertiary/aromatic N) is 3. The molecule has 0 unspecified atom stereocenters. The van der Waals surface area contributed by atoms with Gasteiger partial charge in [0.1, 0.15) is 5.82 Å². The summed E-state index contributed by atoms with van der Waals surface area (Å²) < 4.78 is 0. The Bertz CT molecular complexity index is 786. The second-order valence-electron chi connectivity index (χ2n) is 6.38. The highest BCUT2D eigenvalue weighted by atomic mass is 32.2. The van der Waals surface area contributed by atoms with Crippen molar-refractivity contribution >= 4 is 28.6 Å². The van der Waals surface area contributed by atoms with Crippen molar-refractivity contribution in [2.75, 3.05) is 38.2 Å². The summed E-state index contributed by atoms with van der Waals surface area (Å²) in [4.78, 5) is 35.6. The van der Waals surface area contributed by atoms with Gasteiger partial charge < -0.3 is 14.8 Å². The van der Waals surface area contributed by atoms with Crippen LogP contribution in [0.3, 0.4) is 0 Å². The molecule has 0 radical (unpaired) electrons. The van der Waals surface area contributed by atoms with Gasteiger partial charge in [0, 0.05) is 19.3 Å². The maximum Gasteiger partial charge on any atom is 0.258 e. The van der Waals surface area contributed by atoms with E-state index in [-0.39, 0.29) is 11.5 Å². The van der Waals surface area contributed by atoms with Gasteiger partial charge in [-0.2, -0.15) is 11.8 Å². The molecule has 1 aromatic heterocycles. The zero-order valence-corrected chi connectivity index (χ0v) is 15.3. The first-order chi connectivity index (χ1) is 12.1. The van der Waals surface area contributed by atoms with Crippen LogP contribution in [0.5, 0.6) is 0 Å². The molecule has 0 bridgehead atoms. The molecule has 0 spiro atoms. The first-order valence-corrected chi connectivity index (χ1v) is 9.81. The Morgan fingerprint density at radius 3 is 2.88 bits per heavy atom. The fourth-order valence-corrected chi connectivity index (χ4v) is 3.92. The normalized spacial score (nSPS) is 14.9. The van der Waals surface area contributed by atoms with Crippen LogP contribution in [0.1, 0.15) is 18.7 Å². The summed E-state index contributed by atoms with van der Waals surface area (Å²) in [5.41, 5.74) is 0.489. The van der Waals surface area contributed by atoms with Crippen LogP contribution < -0.4 is 5.56 Å². The molecule has 6 nitrogen and oxygen atoms in total. The smallest absolute Gasteiger partial charge is 0.258 e. The Morgan fingerprint density at radius 2 is 2.08 bits per heavy atom. The Morgan fingerprint density at radius 1 is 1.32 bits per heavy atom. The highest BCUT2D eigenvalue weighted by molar-refractivity contribution is 7.99. The summed E-state index contributed by atoms with van der Waals surface area (Å²) in [5.74, 6) is 2.01. The molecule has 134 valence electrons. The maximum absolute atomic E-state index is 12.3. The van der Waals surface area contributed by atoms with Crippen molar-refractivity contribution < 1.29 is 4.79 Å². The number of para-hydroxylation sites is 1. The molecule has 1 fully saturated rings. The average molecular weight is 360 g/mol. The summed E-state index contributed by atoms with van der Waals surface area (Å²) in [7, 11) is 1.75. The van der Waals surface area contributed by atoms with Crippen molar-refractivity contribution in [3.05, 3.63) is 40.4 Å². The molecule has 1 aromatic carbocycles. The minimum atomic E-state index is -0.165. The lowest BCUT2D eigenvalue weighted by Crippen LogP contribution is -2.30. The molecule has 1 aliphatic heterocycles. The van der Waals surface area contributed by atoms with Crippen LogP contribution in [0.2, 0.25) is 0 Å². The summed E-state index contributed by atoms with van der Waals surface area (Å²) in [5, 5.41) is 0.567. The van der Waals surface area contributed by atoms with E-state index in [2.05, 4.69) is 14.9 Å². The molecule has 2 aromatic rings. The number of carbonyl (C=O) groups excluding carboxylic acids is 1. The minimum Gasteiger partial charge on any atom is -0.338 e. The molecule has 1 amide bonds. The molecule has 25 heavy (non-hydrogen) atoms. The van der Waals surface area contributed by atoms with Gasteiger partial charge in [-0.05, 0) is 38.1 Å². The van der Waals surface area contributed by atoms with E-state index in [9.17, 15) is 9.59 Å². The Balaban J connectivity index is 1.50. The van der Waals surface area contributed by atoms with Gasteiger partial charge in [0.25, 0.3) is 5.56 Å². The van der Waals surface area contributed by atoms with Gasteiger partial charge in [-0.25, -0.2) is 4.98 Å². The molecule has 1 N–H and O–H groups in total. The van der Waals surface area contributed by atoms with E-state index in [0.717, 1.165) is 12.3 Å². The van der Waals surface area contributed by atoms with Crippen LogP contribution in [0, 0.1) is 0 Å². The highest BCUT2D eigenvalue weighted by Crippen LogP contribution is 2.10. The summed E-state index contributed by atoms with van der Waals surface area (Å²) >= 11 is 1.67. The number of likely N-dealkylation sites (tertiary alicyclic amines) is 1. The van der Waals surface area contributed by atoms with E-state index in [4.69, 9.17) is 0 Å². The molecule has 0 atom stereocenters. The number of aromatic nitrogens is 2. The Labute approximate surface area is 151 Å². The number of amides is 1. The van der Waals surface area contributed by atoms with Gasteiger partial charge >= 0.3 is 0 Å². The fourth-order valence-electron chi connectivity index (χ4n) is 2.99. The number of rotatable bonds is 7. The lowest BCUT2D eigenvalue weighted by Gasteiger charge is -2.17. The van der Waals surface area contributed by atoms with Crippen molar-refractivity contribution in [1.82, 2.24) is 19.8 Å². The predicted octanol–water partition coefficient (Wildman–Crippen LogP) is 1.71. The summed E-state index contributed by atoms with van der Waals surface area (Å²) in [6.07, 6.45) is 2.59. The number of benzene rings is 1. The molecule has 0 saturated carbocycles. The topological polar surface area (TPSA) is 69.3 Å². The van der Waals surface area contributed by atoms with E-state index >= 15 is 0 Å². The molecule has 1 aliphatic rings. The quantitative estimate of drug-likeness (QED) is 0.761. The number of carbonyl (C=O) groups is 1. The zero-order chi connectivity index (χ0) is 17.6. The molecule has 1 saturated heterocycles. The Hall–Kier alpha value is -1.86. The molecule has 2 heterocycles. The first kappa shape index (κ1) is 17.9. The predicted molar refractivity (Wildman–Crippen MR) is 102 cm³/mol. The summed E-state index contributed by atoms with van der Waals surface area (Å²) in [6, 6.07) is 7.22. The third-order valence-corrected chi connectivity index (χ3v) is 5.37. The standard InChI is InChI=1S/C18H24N4O2S/c1-21(17(23)13-25-11-10-22-8-4-5-9-22)12-16-19-15-7-3-2-6-14(15)18(24)20-16/h2-3,6-7H,4-5,8-13H2,1H3,(H,19,20,24). The number of H-pyrrole nitrogens is 1. The van der Waals surface area contributed by atoms with Crippen LogP contribution in [-0.4, -0.2) is 63.9 Å². The zero-order valence-electron chi connectivity index (χ0n) is 14.5. The third-order valence-electron chi connectivity index (χ3n) is 4.45. The minimum absolute atomic E-state index is 0.0576. The van der Waals surface area contributed by atoms with Crippen LogP contribution in [-0.2, 0) is 11.3 Å². The number of thioether (sulfide) groups is 1. The second-order valence-corrected chi connectivity index (χ2v) is 7.49. The first-order valence-electron chi connectivity index (χ1n) is 8.65. The highest BCUT2D eigenvalue weighted by Gasteiger charge is 2.14. The Kier molecular flexibility index (Phi) is 6.09. The second kappa shape index (κ2) is 8.49. The van der Waals surface area contributed by atoms with Crippen molar-refractivity contribution in [3.8, 4) is 0 Å². The van der Waals surface area contributed by atoms with Crippen molar-refractivity contribution in [1.29, 1.82) is 0 Å². The molecule has 0 aliphatic carbocycles. The average Bonchev–Trinajstić information content (AvgIpc) is 3.12. The van der Waals surface area contributed by atoms with Crippen LogP contribution in [0.15, 0.2) is 29.1 Å². The van der Waals surface area contributed by atoms with Gasteiger partial charge in [0.15, 0.2) is 0 Å². The van der Waals surface area contributed by atoms with Crippen molar-refractivity contribution in [2.45, 2.75) is 19.4 Å². The number of aromatic amines is 1. The van der Waals surface area contributed by atoms with Crippen molar-refractivity contribution in [2.24, 2.45) is 0 Å². The number of hydrogen-bond donors (Lipinski definition) is 1. The largest absolute Gasteiger partial charge is 0.338 e. The number of hydrogen-bond acceptors (Lipinski definition) is 5. The van der Waals surface area contributed by atoms with Crippen LogP contribution in [0.25, 0.3) is 10.9 Å². The lowest BCUT2D eigenvalue weighted by atomic mass is 10.2. The lowest BCUT2D eigenvalue weighted by molar-refractivity contribution is -0.127. The summed E-state index contributed by atoms with van der Waals surface area (Å²) in [6.45, 7) is 3.75.